The van der Waals surface area contributed by atoms with Crippen LogP contribution >= 0.6 is 0 Å². The summed E-state index contributed by atoms with van der Waals surface area (Å²) in [4.78, 5) is 0. The van der Waals surface area contributed by atoms with Crippen molar-refractivity contribution in [1.82, 2.24) is 0 Å². The maximum absolute atomic E-state index is 11.3. The summed E-state index contributed by atoms with van der Waals surface area (Å²) in [7, 11) is -2.61. The van der Waals surface area contributed by atoms with Crippen LogP contribution in [0.25, 0.3) is 0 Å². The molecule has 0 radical (unpaired) electrons. The SMILES string of the molecule is C=C[C@H](CO[Si](c1ccccc1)(c1ccccc1)C(C)(C)C)C[C@H](C)S(=O)[O-].[Na+]. The van der Waals surface area contributed by atoms with Crippen molar-refractivity contribution in [2.75, 3.05) is 6.61 Å². The van der Waals surface area contributed by atoms with Crippen molar-refractivity contribution in [2.24, 2.45) is 5.92 Å². The van der Waals surface area contributed by atoms with E-state index < -0.39 is 24.6 Å². The Labute approximate surface area is 201 Å². The predicted octanol–water partition coefficient (Wildman–Crippen LogP) is 1.03. The molecule has 29 heavy (non-hydrogen) atoms. The summed E-state index contributed by atoms with van der Waals surface area (Å²) in [5.41, 5.74) is 0. The van der Waals surface area contributed by atoms with Crippen molar-refractivity contribution >= 4 is 29.8 Å². The first-order valence-corrected chi connectivity index (χ1v) is 12.7. The molecule has 0 spiro atoms. The molecule has 0 N–H and O–H groups in total. The Kier molecular flexibility index (Phi) is 10.7. The Morgan fingerprint density at radius 3 is 1.86 bits per heavy atom. The van der Waals surface area contributed by atoms with Gasteiger partial charge in [-0.15, -0.1) is 6.58 Å². The Balaban J connectivity index is 0.00000420. The maximum atomic E-state index is 11.3. The summed E-state index contributed by atoms with van der Waals surface area (Å²) < 4.78 is 29.4. The molecule has 0 fully saturated rings. The van der Waals surface area contributed by atoms with Crippen LogP contribution in [0.3, 0.4) is 0 Å². The smallest absolute Gasteiger partial charge is 0.772 e. The first-order chi connectivity index (χ1) is 13.2. The molecule has 0 aromatic heterocycles. The van der Waals surface area contributed by atoms with Gasteiger partial charge in [0.15, 0.2) is 0 Å². The van der Waals surface area contributed by atoms with Crippen molar-refractivity contribution in [3.05, 3.63) is 73.3 Å². The van der Waals surface area contributed by atoms with Crippen LogP contribution in [-0.2, 0) is 15.5 Å². The van der Waals surface area contributed by atoms with Gasteiger partial charge in [0, 0.05) is 11.9 Å². The van der Waals surface area contributed by atoms with Crippen LogP contribution in [0.15, 0.2) is 73.3 Å². The second-order valence-corrected chi connectivity index (χ2v) is 13.9. The Bertz CT molecular complexity index is 738. The van der Waals surface area contributed by atoms with Crippen molar-refractivity contribution < 1.29 is 42.7 Å². The standard InChI is InChI=1S/C23H32O3SSi.Na/c1-6-20(17-19(2)27(24)25)18-26-28(23(3,4)5,21-13-9-7-10-14-21)22-15-11-8-12-16-22;/h6-16,19-20H,1,17-18H2,2-5H3,(H,24,25);/q;+1/p-1/t19-,20-;/m0./s1. The van der Waals surface area contributed by atoms with Gasteiger partial charge in [-0.3, -0.25) is 4.21 Å². The van der Waals surface area contributed by atoms with Gasteiger partial charge >= 0.3 is 29.6 Å². The summed E-state index contributed by atoms with van der Waals surface area (Å²) in [6.07, 6.45) is 2.33. The van der Waals surface area contributed by atoms with E-state index in [1.807, 2.05) is 18.2 Å². The monoisotopic (exact) mass is 438 g/mol. The van der Waals surface area contributed by atoms with E-state index in [0.717, 1.165) is 0 Å². The summed E-state index contributed by atoms with van der Waals surface area (Å²) in [5.74, 6) is -0.0189. The summed E-state index contributed by atoms with van der Waals surface area (Å²) in [6, 6.07) is 20.9. The van der Waals surface area contributed by atoms with E-state index in [1.165, 1.54) is 10.4 Å². The number of hydrogen-bond donors (Lipinski definition) is 0. The third-order valence-corrected chi connectivity index (χ3v) is 11.1. The molecule has 1 unspecified atom stereocenters. The van der Waals surface area contributed by atoms with Gasteiger partial charge in [0.2, 0.25) is 0 Å². The molecule has 0 saturated heterocycles. The van der Waals surface area contributed by atoms with E-state index in [9.17, 15) is 8.76 Å². The molecule has 3 atom stereocenters. The fourth-order valence-corrected chi connectivity index (χ4v) is 8.75. The molecular formula is C23H31NaO3SSi. The molecule has 0 aliphatic carbocycles. The average Bonchev–Trinajstić information content (AvgIpc) is 2.67. The average molecular weight is 439 g/mol. The number of benzene rings is 2. The third kappa shape index (κ3) is 6.47. The molecule has 0 saturated carbocycles. The van der Waals surface area contributed by atoms with Crippen molar-refractivity contribution in [3.8, 4) is 0 Å². The zero-order chi connectivity index (χ0) is 20.8. The fraction of sp³-hybridized carbons (Fsp3) is 0.391. The quantitative estimate of drug-likeness (QED) is 0.334. The Morgan fingerprint density at radius 2 is 1.52 bits per heavy atom. The van der Waals surface area contributed by atoms with Crippen LogP contribution in [-0.4, -0.2) is 28.9 Å². The molecule has 2 aromatic rings. The van der Waals surface area contributed by atoms with E-state index in [0.29, 0.717) is 13.0 Å². The molecule has 0 heterocycles. The van der Waals surface area contributed by atoms with Crippen LogP contribution in [0, 0.1) is 5.92 Å². The Hall–Kier alpha value is -0.533. The van der Waals surface area contributed by atoms with Gasteiger partial charge in [0.05, 0.1) is 0 Å². The number of hydrogen-bond acceptors (Lipinski definition) is 3. The third-order valence-electron chi connectivity index (χ3n) is 5.23. The normalized spacial score (nSPS) is 15.1. The van der Waals surface area contributed by atoms with Crippen LogP contribution in [0.5, 0.6) is 0 Å². The first-order valence-electron chi connectivity index (χ1n) is 9.68. The summed E-state index contributed by atoms with van der Waals surface area (Å²) in [5, 5.41) is 1.91. The second-order valence-electron chi connectivity index (χ2n) is 8.28. The van der Waals surface area contributed by atoms with Crippen LogP contribution in [0.4, 0.5) is 0 Å². The second kappa shape index (κ2) is 11.7. The molecule has 0 amide bonds. The largest absolute Gasteiger partial charge is 1.00 e. The van der Waals surface area contributed by atoms with Crippen LogP contribution in [0.1, 0.15) is 34.1 Å². The molecule has 0 aliphatic rings. The van der Waals surface area contributed by atoms with E-state index in [-0.39, 0.29) is 40.5 Å². The maximum Gasteiger partial charge on any atom is 1.00 e. The summed E-state index contributed by atoms with van der Waals surface area (Å²) >= 11 is -2.09. The van der Waals surface area contributed by atoms with E-state index in [1.54, 1.807) is 6.92 Å². The molecular weight excluding hydrogens is 407 g/mol. The van der Waals surface area contributed by atoms with E-state index in [2.05, 4.69) is 75.9 Å². The Morgan fingerprint density at radius 1 is 1.07 bits per heavy atom. The van der Waals surface area contributed by atoms with Gasteiger partial charge in [-0.25, -0.2) is 0 Å². The molecule has 0 bridgehead atoms. The van der Waals surface area contributed by atoms with Crippen molar-refractivity contribution in [3.63, 3.8) is 0 Å². The minimum absolute atomic E-state index is 0. The first kappa shape index (κ1) is 26.5. The van der Waals surface area contributed by atoms with Gasteiger partial charge in [-0.1, -0.05) is 106 Å². The van der Waals surface area contributed by atoms with Gasteiger partial charge in [0.1, 0.15) is 0 Å². The van der Waals surface area contributed by atoms with Crippen molar-refractivity contribution in [2.45, 2.75) is 44.4 Å². The predicted molar refractivity (Wildman–Crippen MR) is 120 cm³/mol. The van der Waals surface area contributed by atoms with Gasteiger partial charge in [0.25, 0.3) is 8.32 Å². The number of rotatable bonds is 9. The summed E-state index contributed by atoms with van der Waals surface area (Å²) in [6.45, 7) is 12.8. The fourth-order valence-electron chi connectivity index (χ4n) is 3.73. The zero-order valence-corrected chi connectivity index (χ0v) is 22.1. The molecule has 152 valence electrons. The molecule has 6 heteroatoms. The van der Waals surface area contributed by atoms with Crippen molar-refractivity contribution in [1.29, 1.82) is 0 Å². The molecule has 2 aromatic carbocycles. The minimum Gasteiger partial charge on any atom is -0.772 e. The molecule has 3 nitrogen and oxygen atoms in total. The van der Waals surface area contributed by atoms with Crippen LogP contribution in [0.2, 0.25) is 5.04 Å². The molecule has 0 aliphatic heterocycles. The van der Waals surface area contributed by atoms with Gasteiger partial charge in [-0.2, -0.15) is 0 Å². The topological polar surface area (TPSA) is 49.4 Å². The molecule has 2 rings (SSSR count). The minimum atomic E-state index is -2.61. The zero-order valence-electron chi connectivity index (χ0n) is 18.3. The van der Waals surface area contributed by atoms with Gasteiger partial charge in [-0.05, 0) is 27.8 Å². The van der Waals surface area contributed by atoms with E-state index >= 15 is 0 Å². The van der Waals surface area contributed by atoms with Crippen LogP contribution < -0.4 is 39.9 Å². The van der Waals surface area contributed by atoms with Gasteiger partial charge < -0.3 is 8.98 Å². The van der Waals surface area contributed by atoms with E-state index in [4.69, 9.17) is 4.43 Å².